The first-order valence-corrected chi connectivity index (χ1v) is 14.2. The van der Waals surface area contributed by atoms with E-state index in [0.717, 1.165) is 0 Å². The molecule has 39 heavy (non-hydrogen) atoms. The van der Waals surface area contributed by atoms with E-state index in [4.69, 9.17) is 0 Å². The van der Waals surface area contributed by atoms with E-state index in [2.05, 4.69) is 136 Å². The molecule has 3 heteroatoms. The van der Waals surface area contributed by atoms with E-state index < -0.39 is 0 Å². The van der Waals surface area contributed by atoms with Gasteiger partial charge in [0.15, 0.2) is 0 Å². The lowest BCUT2D eigenvalue weighted by Gasteiger charge is -2.37. The maximum atomic E-state index is 3.89. The topological polar surface area (TPSA) is 17.0 Å². The van der Waals surface area contributed by atoms with E-state index in [1.165, 1.54) is 77.1 Å². The van der Waals surface area contributed by atoms with E-state index >= 15 is 0 Å². The minimum atomic E-state index is 0.0489. The first-order valence-electron chi connectivity index (χ1n) is 14.2. The van der Waals surface area contributed by atoms with Gasteiger partial charge in [0.1, 0.15) is 0 Å². The monoisotopic (exact) mass is 504 g/mol. The van der Waals surface area contributed by atoms with Crippen molar-refractivity contribution < 1.29 is 0 Å². The Morgan fingerprint density at radius 1 is 0.641 bits per heavy atom. The van der Waals surface area contributed by atoms with E-state index in [9.17, 15) is 0 Å². The quantitative estimate of drug-likeness (QED) is 0.206. The lowest BCUT2D eigenvalue weighted by Crippen LogP contribution is -2.55. The van der Waals surface area contributed by atoms with Gasteiger partial charge in [0, 0.05) is 38.7 Å². The average Bonchev–Trinajstić information content (AvgIpc) is 3.25. The molecule has 1 aromatic heterocycles. The second-order valence-corrected chi connectivity index (χ2v) is 13.6. The molecule has 1 N–H and O–H groups in total. The fourth-order valence-electron chi connectivity index (χ4n) is 7.00. The van der Waals surface area contributed by atoms with Crippen LogP contribution in [-0.4, -0.2) is 11.3 Å². The number of aromatic nitrogens is 1. The molecule has 0 unspecified atom stereocenters. The summed E-state index contributed by atoms with van der Waals surface area (Å²) < 4.78 is 2.65. The van der Waals surface area contributed by atoms with Crippen molar-refractivity contribution in [3.05, 3.63) is 96.1 Å². The van der Waals surface area contributed by atoms with Crippen LogP contribution in [0.3, 0.4) is 0 Å². The van der Waals surface area contributed by atoms with Gasteiger partial charge in [0.25, 0.3) is 0 Å². The predicted molar refractivity (Wildman–Crippen MR) is 170 cm³/mol. The van der Waals surface area contributed by atoms with Crippen molar-refractivity contribution in [1.29, 1.82) is 0 Å². The molecule has 2 aliphatic rings. The summed E-state index contributed by atoms with van der Waals surface area (Å²) in [6, 6.07) is 32.4. The Morgan fingerprint density at radius 3 is 2.21 bits per heavy atom. The Bertz CT molecular complexity index is 2010. The first kappa shape index (κ1) is 23.0. The van der Waals surface area contributed by atoms with Crippen LogP contribution in [0.2, 0.25) is 0 Å². The highest BCUT2D eigenvalue weighted by atomic mass is 15.0. The molecule has 6 aromatic rings. The highest BCUT2D eigenvalue weighted by Gasteiger charge is 2.41. The molecule has 0 spiro atoms. The van der Waals surface area contributed by atoms with E-state index in [0.29, 0.717) is 0 Å². The van der Waals surface area contributed by atoms with Gasteiger partial charge in [0.2, 0.25) is 0 Å². The zero-order chi connectivity index (χ0) is 26.8. The molecular weight excluding hydrogens is 471 g/mol. The predicted octanol–water partition coefficient (Wildman–Crippen LogP) is 8.23. The number of fused-ring (bicyclic) bond motifs is 9. The molecule has 8 rings (SSSR count). The fraction of sp³-hybridized carbons (Fsp3) is 0.222. The summed E-state index contributed by atoms with van der Waals surface area (Å²) in [4.78, 5) is 0. The minimum Gasteiger partial charge on any atom is -0.375 e. The summed E-state index contributed by atoms with van der Waals surface area (Å²) in [5.41, 5.74) is 13.4. The molecule has 0 saturated carbocycles. The molecule has 0 atom stereocenters. The third-order valence-electron chi connectivity index (χ3n) is 9.06. The third kappa shape index (κ3) is 3.05. The van der Waals surface area contributed by atoms with Crippen LogP contribution >= 0.6 is 0 Å². The van der Waals surface area contributed by atoms with Crippen molar-refractivity contribution in [2.45, 2.75) is 52.4 Å². The highest BCUT2D eigenvalue weighted by Crippen LogP contribution is 2.44. The fourth-order valence-corrected chi connectivity index (χ4v) is 7.00. The number of nitrogens with one attached hydrogen (secondary N) is 1. The number of hydrogen-bond acceptors (Lipinski definition) is 1. The molecule has 0 fully saturated rings. The minimum absolute atomic E-state index is 0.0489. The van der Waals surface area contributed by atoms with Crippen LogP contribution in [0.4, 0.5) is 11.4 Å². The molecule has 190 valence electrons. The Hall–Kier alpha value is -3.98. The molecule has 0 radical (unpaired) electrons. The van der Waals surface area contributed by atoms with Crippen molar-refractivity contribution in [3.8, 4) is 11.1 Å². The Morgan fingerprint density at radius 2 is 1.41 bits per heavy atom. The molecule has 2 aliphatic heterocycles. The van der Waals surface area contributed by atoms with E-state index in [1.54, 1.807) is 0 Å². The van der Waals surface area contributed by atoms with Gasteiger partial charge in [-0.3, -0.25) is 0 Å². The summed E-state index contributed by atoms with van der Waals surface area (Å²) in [5.74, 6) is 0. The molecule has 5 aromatic carbocycles. The van der Waals surface area contributed by atoms with Gasteiger partial charge in [0.05, 0.1) is 0 Å². The number of anilines is 2. The van der Waals surface area contributed by atoms with Gasteiger partial charge in [-0.15, -0.1) is 0 Å². The Balaban J connectivity index is 1.58. The summed E-state index contributed by atoms with van der Waals surface area (Å²) >= 11 is 0. The number of para-hydroxylation sites is 1. The van der Waals surface area contributed by atoms with E-state index in [1.807, 2.05) is 0 Å². The summed E-state index contributed by atoms with van der Waals surface area (Å²) in [6.07, 6.45) is 0. The van der Waals surface area contributed by atoms with Crippen LogP contribution in [0.15, 0.2) is 84.9 Å². The normalized spacial score (nSPS) is 14.1. The second kappa shape index (κ2) is 7.36. The maximum absolute atomic E-state index is 3.89. The molecule has 0 bridgehead atoms. The first-order chi connectivity index (χ1) is 18.6. The van der Waals surface area contributed by atoms with Gasteiger partial charge >= 0.3 is 6.85 Å². The van der Waals surface area contributed by atoms with Crippen molar-refractivity contribution >= 4 is 61.7 Å². The number of nitrogens with zero attached hydrogens (tertiary/aromatic N) is 1. The molecule has 0 saturated heterocycles. The zero-order valence-electron chi connectivity index (χ0n) is 23.6. The van der Waals surface area contributed by atoms with Gasteiger partial charge in [-0.1, -0.05) is 108 Å². The van der Waals surface area contributed by atoms with Gasteiger partial charge in [-0.05, 0) is 67.4 Å². The second-order valence-electron chi connectivity index (χ2n) is 13.6. The van der Waals surface area contributed by atoms with Crippen LogP contribution < -0.4 is 16.2 Å². The van der Waals surface area contributed by atoms with Crippen molar-refractivity contribution in [3.63, 3.8) is 0 Å². The largest absolute Gasteiger partial charge is 0.375 e. The molecule has 0 amide bonds. The van der Waals surface area contributed by atoms with Crippen LogP contribution in [0.1, 0.15) is 52.7 Å². The maximum Gasteiger partial charge on any atom is 0.333 e. The number of benzene rings is 5. The average molecular weight is 504 g/mol. The lowest BCUT2D eigenvalue weighted by atomic mass is 9.45. The molecule has 2 nitrogen and oxygen atoms in total. The SMILES string of the molecule is CC(C)(C)c1ccc2c(c1)B1c3c(cc(C(C)(C)C)cc3-c3cccc4c5c6ccccc6ccc5n1c34)N2. The lowest BCUT2D eigenvalue weighted by molar-refractivity contribution is 0.590. The Kier molecular flexibility index (Phi) is 4.33. The van der Waals surface area contributed by atoms with Gasteiger partial charge in [-0.25, -0.2) is 0 Å². The molecular formula is C36H33BN2. The van der Waals surface area contributed by atoms with E-state index in [-0.39, 0.29) is 17.7 Å². The van der Waals surface area contributed by atoms with Gasteiger partial charge < -0.3 is 9.79 Å². The number of hydrogen-bond donors (Lipinski definition) is 1. The smallest absolute Gasteiger partial charge is 0.333 e. The molecule has 3 heterocycles. The summed E-state index contributed by atoms with van der Waals surface area (Å²) in [7, 11) is 0. The molecule has 0 aliphatic carbocycles. The third-order valence-corrected chi connectivity index (χ3v) is 9.06. The Labute approximate surface area is 230 Å². The summed E-state index contributed by atoms with van der Waals surface area (Å²) in [6.45, 7) is 14.0. The van der Waals surface area contributed by atoms with Crippen molar-refractivity contribution in [2.75, 3.05) is 5.32 Å². The highest BCUT2D eigenvalue weighted by molar-refractivity contribution is 6.90. The van der Waals surface area contributed by atoms with Crippen LogP contribution in [0, 0.1) is 0 Å². The zero-order valence-corrected chi connectivity index (χ0v) is 23.6. The van der Waals surface area contributed by atoms with Crippen LogP contribution in [0.25, 0.3) is 43.7 Å². The van der Waals surface area contributed by atoms with Crippen molar-refractivity contribution in [1.82, 2.24) is 4.48 Å². The standard InChI is InChI=1S/C36H33BN2/c1-35(2,3)22-15-16-29-28(19-22)37-33-27(18-23(36(4,5)6)20-30(33)38-29)25-12-9-13-26-32-24-11-8-7-10-21(24)14-17-31(32)39(37)34(25)26/h7-20,38H,1-6H3. The summed E-state index contributed by atoms with van der Waals surface area (Å²) in [5, 5.41) is 9.22. The van der Waals surface area contributed by atoms with Crippen molar-refractivity contribution in [2.24, 2.45) is 0 Å². The number of rotatable bonds is 0. The van der Waals surface area contributed by atoms with Gasteiger partial charge in [-0.2, -0.15) is 0 Å². The van der Waals surface area contributed by atoms with Crippen LogP contribution in [-0.2, 0) is 10.8 Å². The van der Waals surface area contributed by atoms with Crippen LogP contribution in [0.5, 0.6) is 0 Å².